The van der Waals surface area contributed by atoms with Crippen LogP contribution in [0, 0.1) is 0 Å². The molecule has 2 saturated heterocycles. The van der Waals surface area contributed by atoms with Crippen molar-refractivity contribution in [2.45, 2.75) is 37.7 Å². The van der Waals surface area contributed by atoms with Gasteiger partial charge in [-0.15, -0.1) is 0 Å². The molecular weight excluding hydrogens is 400 g/mol. The Morgan fingerprint density at radius 3 is 2.36 bits per heavy atom. The third kappa shape index (κ3) is 4.37. The fraction of sp³-hybridized carbons (Fsp3) is 0.474. The van der Waals surface area contributed by atoms with Crippen LogP contribution in [0.25, 0.3) is 0 Å². The van der Waals surface area contributed by atoms with Crippen LogP contribution in [0.1, 0.15) is 30.6 Å². The molecular formula is C19H22N2O5S2. The van der Waals surface area contributed by atoms with Crippen LogP contribution in [0.3, 0.4) is 0 Å². The van der Waals surface area contributed by atoms with E-state index in [1.54, 1.807) is 12.1 Å². The van der Waals surface area contributed by atoms with Gasteiger partial charge in [-0.2, -0.15) is 0 Å². The topological polar surface area (TPSA) is 76.2 Å². The van der Waals surface area contributed by atoms with Crippen LogP contribution in [0.2, 0.25) is 0 Å². The zero-order valence-corrected chi connectivity index (χ0v) is 17.5. The lowest BCUT2D eigenvalue weighted by atomic mass is 10.2. The second-order valence-electron chi connectivity index (χ2n) is 6.84. The smallest absolute Gasteiger partial charge is 0.337 e. The van der Waals surface area contributed by atoms with E-state index in [1.807, 2.05) is 18.7 Å². The summed E-state index contributed by atoms with van der Waals surface area (Å²) in [5.41, 5.74) is 0.790. The monoisotopic (exact) mass is 422 g/mol. The highest BCUT2D eigenvalue weighted by Gasteiger charge is 2.41. The minimum absolute atomic E-state index is 0.0630. The molecule has 9 heteroatoms. The summed E-state index contributed by atoms with van der Waals surface area (Å²) < 4.78 is 11.0. The maximum Gasteiger partial charge on any atom is 0.337 e. The van der Waals surface area contributed by atoms with Crippen LogP contribution in [-0.2, 0) is 19.1 Å². The summed E-state index contributed by atoms with van der Waals surface area (Å²) in [6.45, 7) is 5.31. The number of benzene rings is 1. The van der Waals surface area contributed by atoms with Gasteiger partial charge >= 0.3 is 5.97 Å². The van der Waals surface area contributed by atoms with Crippen LogP contribution in [-0.4, -0.2) is 64.7 Å². The van der Waals surface area contributed by atoms with Gasteiger partial charge in [0.2, 0.25) is 11.8 Å². The number of carbonyl (C=O) groups is 3. The van der Waals surface area contributed by atoms with Crippen molar-refractivity contribution in [3.63, 3.8) is 0 Å². The van der Waals surface area contributed by atoms with Gasteiger partial charge in [-0.25, -0.2) is 9.69 Å². The largest absolute Gasteiger partial charge is 0.465 e. The third-order valence-electron chi connectivity index (χ3n) is 4.57. The van der Waals surface area contributed by atoms with E-state index in [2.05, 4.69) is 4.74 Å². The van der Waals surface area contributed by atoms with E-state index in [-0.39, 0.29) is 30.4 Å². The molecule has 0 saturated carbocycles. The van der Waals surface area contributed by atoms with Crippen molar-refractivity contribution in [1.82, 2.24) is 4.90 Å². The van der Waals surface area contributed by atoms with Crippen molar-refractivity contribution in [1.29, 1.82) is 0 Å². The number of morpholine rings is 1. The number of hydrogen-bond donors (Lipinski definition) is 0. The Bertz CT molecular complexity index is 788. The van der Waals surface area contributed by atoms with Crippen molar-refractivity contribution >= 4 is 51.8 Å². The van der Waals surface area contributed by atoms with Gasteiger partial charge < -0.3 is 14.4 Å². The SMILES string of the molecule is COC(=O)c1ccc(N2C(=O)C[C@H](SC(=S)N3C[C@@H](C)O[C@H](C)C3)C2=O)cc1. The standard InChI is InChI=1S/C19H22N2O5S2/c1-11-9-20(10-12(2)26-11)19(27)28-15-8-16(22)21(17(15)23)14-6-4-13(5-7-14)18(24)25-3/h4-7,11-12,15H,8-10H2,1-3H3/t11-,12-,15+/m1/s1. The Balaban J connectivity index is 1.68. The van der Waals surface area contributed by atoms with Crippen molar-refractivity contribution in [3.05, 3.63) is 29.8 Å². The minimum atomic E-state index is -0.547. The molecule has 0 bridgehead atoms. The summed E-state index contributed by atoms with van der Waals surface area (Å²) in [5.74, 6) is -1.05. The Morgan fingerprint density at radius 1 is 1.18 bits per heavy atom. The van der Waals surface area contributed by atoms with Gasteiger partial charge in [-0.05, 0) is 38.1 Å². The average Bonchev–Trinajstić information content (AvgIpc) is 2.93. The number of anilines is 1. The fourth-order valence-electron chi connectivity index (χ4n) is 3.36. The average molecular weight is 423 g/mol. The van der Waals surface area contributed by atoms with Gasteiger partial charge in [-0.1, -0.05) is 24.0 Å². The molecule has 0 aromatic heterocycles. The van der Waals surface area contributed by atoms with E-state index in [9.17, 15) is 14.4 Å². The number of thioether (sulfide) groups is 1. The van der Waals surface area contributed by atoms with Gasteiger partial charge in [-0.3, -0.25) is 9.59 Å². The molecule has 2 heterocycles. The molecule has 2 fully saturated rings. The molecule has 2 amide bonds. The van der Waals surface area contributed by atoms with Gasteiger partial charge in [0.1, 0.15) is 9.57 Å². The van der Waals surface area contributed by atoms with Crippen LogP contribution < -0.4 is 4.90 Å². The molecule has 1 aromatic carbocycles. The van der Waals surface area contributed by atoms with E-state index in [0.29, 0.717) is 28.7 Å². The number of ether oxygens (including phenoxy) is 2. The van der Waals surface area contributed by atoms with Crippen molar-refractivity contribution in [3.8, 4) is 0 Å². The number of esters is 1. The van der Waals surface area contributed by atoms with Crippen molar-refractivity contribution in [2.75, 3.05) is 25.1 Å². The molecule has 0 N–H and O–H groups in total. The number of methoxy groups -OCH3 is 1. The number of hydrogen-bond acceptors (Lipinski definition) is 7. The van der Waals surface area contributed by atoms with Crippen LogP contribution in [0.5, 0.6) is 0 Å². The highest BCUT2D eigenvalue weighted by molar-refractivity contribution is 8.23. The van der Waals surface area contributed by atoms with Crippen LogP contribution in [0.15, 0.2) is 24.3 Å². The summed E-state index contributed by atoms with van der Waals surface area (Å²) in [6.07, 6.45) is 0.221. The summed E-state index contributed by atoms with van der Waals surface area (Å²) in [6, 6.07) is 6.20. The third-order valence-corrected chi connectivity index (χ3v) is 6.23. The first-order valence-corrected chi connectivity index (χ1v) is 10.2. The normalized spacial score (nSPS) is 25.2. The quantitative estimate of drug-likeness (QED) is 0.417. The summed E-state index contributed by atoms with van der Waals surface area (Å²) in [5, 5.41) is -0.547. The molecule has 0 spiro atoms. The first-order valence-electron chi connectivity index (χ1n) is 8.96. The Labute approximate surface area is 173 Å². The molecule has 2 aliphatic heterocycles. The van der Waals surface area contributed by atoms with Crippen molar-refractivity contribution in [2.24, 2.45) is 0 Å². The lowest BCUT2D eigenvalue weighted by Gasteiger charge is -2.36. The molecule has 0 radical (unpaired) electrons. The maximum absolute atomic E-state index is 12.8. The van der Waals surface area contributed by atoms with E-state index >= 15 is 0 Å². The number of thiocarbonyl (C=S) groups is 1. The maximum atomic E-state index is 12.8. The molecule has 2 aliphatic rings. The molecule has 3 atom stereocenters. The summed E-state index contributed by atoms with van der Waals surface area (Å²) in [4.78, 5) is 40.0. The first-order chi connectivity index (χ1) is 13.3. The highest BCUT2D eigenvalue weighted by atomic mass is 32.2. The Hall–Kier alpha value is -1.97. The number of nitrogens with zero attached hydrogens (tertiary/aromatic N) is 2. The van der Waals surface area contributed by atoms with Gasteiger partial charge in [0.15, 0.2) is 0 Å². The molecule has 7 nitrogen and oxygen atoms in total. The van der Waals surface area contributed by atoms with Crippen LogP contribution >= 0.6 is 24.0 Å². The summed E-state index contributed by atoms with van der Waals surface area (Å²) >= 11 is 6.78. The molecule has 150 valence electrons. The number of amides is 2. The predicted octanol–water partition coefficient (Wildman–Crippen LogP) is 2.23. The van der Waals surface area contributed by atoms with Gasteiger partial charge in [0.25, 0.3) is 0 Å². The lowest BCUT2D eigenvalue weighted by Crippen LogP contribution is -2.47. The van der Waals surface area contributed by atoms with Gasteiger partial charge in [0.05, 0.1) is 30.6 Å². The number of carbonyl (C=O) groups excluding carboxylic acids is 3. The van der Waals surface area contributed by atoms with E-state index in [0.717, 1.165) is 4.90 Å². The Morgan fingerprint density at radius 2 is 1.79 bits per heavy atom. The highest BCUT2D eigenvalue weighted by Crippen LogP contribution is 2.32. The fourth-order valence-corrected chi connectivity index (χ4v) is 4.83. The Kier molecular flexibility index (Phi) is 6.36. The minimum Gasteiger partial charge on any atom is -0.465 e. The van der Waals surface area contributed by atoms with E-state index < -0.39 is 11.2 Å². The lowest BCUT2D eigenvalue weighted by molar-refractivity contribution is -0.121. The molecule has 3 rings (SSSR count). The van der Waals surface area contributed by atoms with Gasteiger partial charge in [0, 0.05) is 19.5 Å². The second kappa shape index (κ2) is 8.59. The molecule has 28 heavy (non-hydrogen) atoms. The predicted molar refractivity (Wildman–Crippen MR) is 110 cm³/mol. The van der Waals surface area contributed by atoms with Crippen LogP contribution in [0.4, 0.5) is 5.69 Å². The zero-order valence-electron chi connectivity index (χ0n) is 15.9. The first kappa shape index (κ1) is 20.8. The molecule has 1 aromatic rings. The second-order valence-corrected chi connectivity index (χ2v) is 8.68. The molecule has 0 aliphatic carbocycles. The number of rotatable bonds is 3. The zero-order chi connectivity index (χ0) is 20.4. The number of imide groups is 1. The van der Waals surface area contributed by atoms with E-state index in [4.69, 9.17) is 17.0 Å². The summed E-state index contributed by atoms with van der Waals surface area (Å²) in [7, 11) is 1.30. The molecule has 0 unspecified atom stereocenters. The van der Waals surface area contributed by atoms with E-state index in [1.165, 1.54) is 31.0 Å². The van der Waals surface area contributed by atoms with Crippen molar-refractivity contribution < 1.29 is 23.9 Å².